The van der Waals surface area contributed by atoms with Gasteiger partial charge in [-0.05, 0) is 18.2 Å². The van der Waals surface area contributed by atoms with Crippen LogP contribution in [0.4, 0.5) is 30.7 Å². The predicted octanol–water partition coefficient (Wildman–Crippen LogP) is 3.86. The summed E-state index contributed by atoms with van der Waals surface area (Å²) in [5, 5.41) is 0. The van der Waals surface area contributed by atoms with Crippen LogP contribution in [0.1, 0.15) is 11.1 Å². The van der Waals surface area contributed by atoms with Crippen molar-refractivity contribution in [1.29, 1.82) is 0 Å². The molecule has 0 saturated heterocycles. The number of hydrogen-bond donors (Lipinski definition) is 0. The van der Waals surface area contributed by atoms with Crippen molar-refractivity contribution in [3.63, 3.8) is 0 Å². The lowest BCUT2D eigenvalue weighted by atomic mass is 10.1. The summed E-state index contributed by atoms with van der Waals surface area (Å²) in [5.74, 6) is -1.37. The van der Waals surface area contributed by atoms with Crippen LogP contribution >= 0.6 is 0 Å². The molecule has 0 spiro atoms. The molecule has 7 heteroatoms. The Morgan fingerprint density at radius 1 is 0.733 bits per heavy atom. The van der Waals surface area contributed by atoms with Crippen molar-refractivity contribution in [2.24, 2.45) is 0 Å². The molecule has 0 bridgehead atoms. The smallest absolute Gasteiger partial charge is 0.207 e. The number of halogens is 7. The molecule has 0 aliphatic rings. The Morgan fingerprint density at radius 2 is 1.20 bits per heavy atom. The molecule has 1 aromatic carbocycles. The molecular weight excluding hydrogens is 229 g/mol. The highest BCUT2D eigenvalue weighted by atomic mass is 19.4. The molecule has 0 aliphatic carbocycles. The maximum absolute atomic E-state index is 12.4. The summed E-state index contributed by atoms with van der Waals surface area (Å²) in [5.41, 5.74) is -3.91. The van der Waals surface area contributed by atoms with E-state index in [0.717, 1.165) is 0 Å². The van der Waals surface area contributed by atoms with Gasteiger partial charge in [0.1, 0.15) is 5.82 Å². The zero-order valence-corrected chi connectivity index (χ0v) is 6.88. The average Bonchev–Trinajstić information content (AvgIpc) is 2.00. The van der Waals surface area contributed by atoms with E-state index in [-0.39, 0.29) is 12.1 Å². The summed E-state index contributed by atoms with van der Waals surface area (Å²) in [6, 6.07) is 0.221. The third-order valence-corrected chi connectivity index (χ3v) is 1.59. The van der Waals surface area contributed by atoms with Crippen molar-refractivity contribution in [1.82, 2.24) is 0 Å². The monoisotopic (exact) mass is 232 g/mol. The first-order valence-electron chi connectivity index (χ1n) is 3.56. The molecule has 0 aromatic heterocycles. The Labute approximate surface area is 79.3 Å². The lowest BCUT2D eigenvalue weighted by Crippen LogP contribution is -2.16. The minimum absolute atomic E-state index is 0.0676. The largest absolute Gasteiger partial charge is 0.417 e. The van der Waals surface area contributed by atoms with Crippen LogP contribution in [0.5, 0.6) is 0 Å². The normalized spacial score (nSPS) is 13.0. The molecule has 0 nitrogen and oxygen atoms in total. The van der Waals surface area contributed by atoms with Gasteiger partial charge in [-0.1, -0.05) is 0 Å². The summed E-state index contributed by atoms with van der Waals surface area (Å²) >= 11 is 0. The molecule has 0 atom stereocenters. The maximum atomic E-state index is 12.4. The maximum Gasteiger partial charge on any atom is 0.417 e. The van der Waals surface area contributed by atoms with E-state index in [4.69, 9.17) is 0 Å². The van der Waals surface area contributed by atoms with E-state index in [0.29, 0.717) is 6.07 Å². The molecule has 0 heterocycles. The minimum Gasteiger partial charge on any atom is -0.207 e. The van der Waals surface area contributed by atoms with Crippen LogP contribution in [0.15, 0.2) is 18.2 Å². The summed E-state index contributed by atoms with van der Waals surface area (Å²) in [6.45, 7) is 0. The van der Waals surface area contributed by atoms with Crippen LogP contribution in [0, 0.1) is 5.82 Å². The van der Waals surface area contributed by atoms with Gasteiger partial charge in [-0.3, -0.25) is 0 Å². The van der Waals surface area contributed by atoms with Gasteiger partial charge in [0.15, 0.2) is 0 Å². The first kappa shape index (κ1) is 11.8. The van der Waals surface area contributed by atoms with E-state index in [2.05, 4.69) is 0 Å². The van der Waals surface area contributed by atoms with Crippen LogP contribution in [0.2, 0.25) is 0 Å². The Morgan fingerprint density at radius 3 is 1.60 bits per heavy atom. The van der Waals surface area contributed by atoms with Crippen molar-refractivity contribution in [2.45, 2.75) is 12.4 Å². The SMILES string of the molecule is Fc1ccc(C(F)(F)F)c(C(F)(F)F)c1. The molecule has 0 unspecified atom stereocenters. The molecule has 1 rings (SSSR count). The van der Waals surface area contributed by atoms with Crippen molar-refractivity contribution in [3.05, 3.63) is 35.1 Å². The fraction of sp³-hybridized carbons (Fsp3) is 0.250. The number of rotatable bonds is 0. The Balaban J connectivity index is 3.41. The molecule has 0 fully saturated rings. The first-order chi connectivity index (χ1) is 6.62. The number of alkyl halides is 6. The Bertz CT molecular complexity index is 360. The Kier molecular flexibility index (Phi) is 2.67. The fourth-order valence-electron chi connectivity index (χ4n) is 0.998. The standard InChI is InChI=1S/C8H3F7/c9-4-1-2-5(7(10,11)12)6(3-4)8(13,14)15/h1-3H. The third-order valence-electron chi connectivity index (χ3n) is 1.59. The molecule has 1 aromatic rings. The van der Waals surface area contributed by atoms with E-state index >= 15 is 0 Å². The first-order valence-corrected chi connectivity index (χ1v) is 3.56. The summed E-state index contributed by atoms with van der Waals surface area (Å²) in [6.07, 6.45) is -10.4. The van der Waals surface area contributed by atoms with Gasteiger partial charge in [-0.15, -0.1) is 0 Å². The third kappa shape index (κ3) is 2.60. The highest BCUT2D eigenvalue weighted by Crippen LogP contribution is 2.40. The fourth-order valence-corrected chi connectivity index (χ4v) is 0.998. The molecule has 84 valence electrons. The van der Waals surface area contributed by atoms with Gasteiger partial charge in [-0.25, -0.2) is 4.39 Å². The zero-order valence-electron chi connectivity index (χ0n) is 6.88. The van der Waals surface area contributed by atoms with Crippen LogP contribution in [-0.4, -0.2) is 0 Å². The van der Waals surface area contributed by atoms with Crippen molar-refractivity contribution < 1.29 is 30.7 Å². The number of benzene rings is 1. The highest BCUT2D eigenvalue weighted by Gasteiger charge is 2.43. The molecule has 0 N–H and O–H groups in total. The van der Waals surface area contributed by atoms with Crippen LogP contribution in [0.25, 0.3) is 0 Å². The van der Waals surface area contributed by atoms with Gasteiger partial charge in [0.2, 0.25) is 0 Å². The highest BCUT2D eigenvalue weighted by molar-refractivity contribution is 5.32. The van der Waals surface area contributed by atoms with E-state index < -0.39 is 29.3 Å². The predicted molar refractivity (Wildman–Crippen MR) is 36.4 cm³/mol. The van der Waals surface area contributed by atoms with E-state index in [1.54, 1.807) is 0 Å². The molecule has 15 heavy (non-hydrogen) atoms. The average molecular weight is 232 g/mol. The molecule has 0 saturated carbocycles. The number of hydrogen-bond acceptors (Lipinski definition) is 0. The zero-order chi connectivity index (χ0) is 11.9. The van der Waals surface area contributed by atoms with Gasteiger partial charge in [-0.2, -0.15) is 26.3 Å². The quantitative estimate of drug-likeness (QED) is 0.595. The van der Waals surface area contributed by atoms with Crippen LogP contribution < -0.4 is 0 Å². The van der Waals surface area contributed by atoms with Crippen molar-refractivity contribution in [3.8, 4) is 0 Å². The van der Waals surface area contributed by atoms with Gasteiger partial charge < -0.3 is 0 Å². The van der Waals surface area contributed by atoms with E-state index in [1.807, 2.05) is 0 Å². The molecule has 0 aliphatic heterocycles. The van der Waals surface area contributed by atoms with Gasteiger partial charge in [0.05, 0.1) is 11.1 Å². The van der Waals surface area contributed by atoms with Crippen molar-refractivity contribution in [2.75, 3.05) is 0 Å². The summed E-state index contributed by atoms with van der Waals surface area (Å²) in [7, 11) is 0. The van der Waals surface area contributed by atoms with Gasteiger partial charge in [0.25, 0.3) is 0 Å². The minimum atomic E-state index is -5.23. The Hall–Kier alpha value is -1.27. The summed E-state index contributed by atoms with van der Waals surface area (Å²) in [4.78, 5) is 0. The van der Waals surface area contributed by atoms with Crippen molar-refractivity contribution >= 4 is 0 Å². The van der Waals surface area contributed by atoms with E-state index in [9.17, 15) is 30.7 Å². The van der Waals surface area contributed by atoms with Gasteiger partial charge >= 0.3 is 12.4 Å². The topological polar surface area (TPSA) is 0 Å². The second kappa shape index (κ2) is 3.39. The second-order valence-corrected chi connectivity index (χ2v) is 2.69. The lowest BCUT2D eigenvalue weighted by Gasteiger charge is -2.14. The molecular formula is C8H3F7. The van der Waals surface area contributed by atoms with E-state index in [1.165, 1.54) is 0 Å². The van der Waals surface area contributed by atoms with Crippen LogP contribution in [-0.2, 0) is 12.4 Å². The second-order valence-electron chi connectivity index (χ2n) is 2.69. The summed E-state index contributed by atoms with van der Waals surface area (Å²) < 4.78 is 84.9. The molecule has 0 radical (unpaired) electrons. The van der Waals surface area contributed by atoms with Crippen LogP contribution in [0.3, 0.4) is 0 Å². The lowest BCUT2D eigenvalue weighted by molar-refractivity contribution is -0.162. The van der Waals surface area contributed by atoms with Gasteiger partial charge in [0, 0.05) is 0 Å². The molecule has 0 amide bonds.